The van der Waals surface area contributed by atoms with Gasteiger partial charge in [-0.3, -0.25) is 14.9 Å². The van der Waals surface area contributed by atoms with Gasteiger partial charge < -0.3 is 10.6 Å². The number of halogens is 1. The van der Waals surface area contributed by atoms with E-state index in [1.165, 1.54) is 10.9 Å². The molecule has 5 aromatic heterocycles. The van der Waals surface area contributed by atoms with Crippen LogP contribution in [0.25, 0.3) is 17.2 Å². The molecule has 5 rings (SSSR count). The summed E-state index contributed by atoms with van der Waals surface area (Å²) in [6.45, 7) is 4.04. The van der Waals surface area contributed by atoms with Crippen molar-refractivity contribution in [2.45, 2.75) is 20.4 Å². The number of nitrogens with zero attached hydrogens (tertiary/aromatic N) is 7. The number of anilines is 2. The Labute approximate surface area is 204 Å². The van der Waals surface area contributed by atoms with Gasteiger partial charge in [0, 0.05) is 48.0 Å². The van der Waals surface area contributed by atoms with Gasteiger partial charge in [0.15, 0.2) is 23.3 Å². The van der Waals surface area contributed by atoms with Crippen molar-refractivity contribution < 1.29 is 9.18 Å². The third-order valence-electron chi connectivity index (χ3n) is 5.12. The van der Waals surface area contributed by atoms with E-state index in [4.69, 9.17) is 0 Å². The Hall–Kier alpha value is -5.00. The summed E-state index contributed by atoms with van der Waals surface area (Å²) in [5.41, 5.74) is 3.41. The predicted molar refractivity (Wildman–Crippen MR) is 129 cm³/mol. The maximum atomic E-state index is 13.1. The number of aromatic amines is 1. The molecule has 0 bridgehead atoms. The van der Waals surface area contributed by atoms with Crippen LogP contribution < -0.4 is 10.6 Å². The lowest BCUT2D eigenvalue weighted by molar-refractivity contribution is 0.0946. The van der Waals surface area contributed by atoms with Crippen LogP contribution in [0.3, 0.4) is 0 Å². The molecule has 0 unspecified atom stereocenters. The molecule has 0 saturated carbocycles. The van der Waals surface area contributed by atoms with Crippen LogP contribution in [-0.4, -0.2) is 45.8 Å². The highest BCUT2D eigenvalue weighted by Crippen LogP contribution is 2.20. The molecular formula is C24H21FN10O. The first kappa shape index (κ1) is 22.8. The molecule has 0 atom stereocenters. The third-order valence-corrected chi connectivity index (χ3v) is 5.12. The fourth-order valence-corrected chi connectivity index (χ4v) is 3.39. The van der Waals surface area contributed by atoms with Crippen LogP contribution >= 0.6 is 0 Å². The Balaban J connectivity index is 1.22. The van der Waals surface area contributed by atoms with E-state index in [2.05, 4.69) is 45.9 Å². The number of aromatic nitrogens is 8. The smallest absolute Gasteiger partial charge is 0.270 e. The number of H-pyrrole nitrogens is 1. The number of carbonyl (C=O) groups is 1. The average molecular weight is 484 g/mol. The predicted octanol–water partition coefficient (Wildman–Crippen LogP) is 3.27. The number of hydrogen-bond acceptors (Lipinski definition) is 8. The quantitative estimate of drug-likeness (QED) is 0.320. The molecule has 36 heavy (non-hydrogen) atoms. The highest BCUT2D eigenvalue weighted by molar-refractivity contribution is 5.92. The van der Waals surface area contributed by atoms with E-state index in [0.29, 0.717) is 28.8 Å². The minimum atomic E-state index is -0.443. The van der Waals surface area contributed by atoms with Gasteiger partial charge in [0.2, 0.25) is 0 Å². The van der Waals surface area contributed by atoms with Crippen LogP contribution in [0.1, 0.15) is 27.4 Å². The number of amides is 1. The monoisotopic (exact) mass is 484 g/mol. The molecule has 1 amide bonds. The lowest BCUT2D eigenvalue weighted by atomic mass is 10.2. The number of rotatable bonds is 7. The molecule has 5 aromatic rings. The summed E-state index contributed by atoms with van der Waals surface area (Å²) in [5.74, 6) is 1.43. The Morgan fingerprint density at radius 1 is 1.03 bits per heavy atom. The van der Waals surface area contributed by atoms with E-state index in [1.54, 1.807) is 36.7 Å². The number of carbonyl (C=O) groups excluding carboxylic acids is 1. The van der Waals surface area contributed by atoms with Gasteiger partial charge >= 0.3 is 0 Å². The van der Waals surface area contributed by atoms with Crippen molar-refractivity contribution in [3.63, 3.8) is 0 Å². The largest absolute Gasteiger partial charge is 0.347 e. The van der Waals surface area contributed by atoms with Gasteiger partial charge in [0.05, 0.1) is 12.4 Å². The maximum Gasteiger partial charge on any atom is 0.270 e. The molecular weight excluding hydrogens is 463 g/mol. The van der Waals surface area contributed by atoms with Crippen LogP contribution in [0.4, 0.5) is 16.0 Å². The summed E-state index contributed by atoms with van der Waals surface area (Å²) < 4.78 is 14.5. The van der Waals surface area contributed by atoms with Crippen LogP contribution in [0, 0.1) is 19.7 Å². The van der Waals surface area contributed by atoms with E-state index < -0.39 is 5.82 Å². The number of hydrogen-bond donors (Lipinski definition) is 3. The normalized spacial score (nSPS) is 10.9. The summed E-state index contributed by atoms with van der Waals surface area (Å²) in [6.07, 6.45) is 5.50. The van der Waals surface area contributed by atoms with Gasteiger partial charge in [-0.15, -0.1) is 0 Å². The molecule has 0 aliphatic carbocycles. The fourth-order valence-electron chi connectivity index (χ4n) is 3.39. The van der Waals surface area contributed by atoms with Gasteiger partial charge in [-0.05, 0) is 37.6 Å². The van der Waals surface area contributed by atoms with Gasteiger partial charge in [0.1, 0.15) is 11.5 Å². The molecule has 5 heterocycles. The molecule has 0 spiro atoms. The standard InChI is InChI=1S/C24H21FN10O/c1-14-7-20(31-21-8-15(2)33-34-21)32-23(30-14)17-4-5-19(26-11-17)24(36)28-10-16-3-6-22(27-9-16)35-13-18(25)12-29-35/h3-9,11-13H,10H2,1-2H3,(H,28,36)(H2,30,31,32,33,34). The zero-order valence-corrected chi connectivity index (χ0v) is 19.4. The minimum Gasteiger partial charge on any atom is -0.347 e. The van der Waals surface area contributed by atoms with Gasteiger partial charge in [-0.25, -0.2) is 24.0 Å². The molecule has 3 N–H and O–H groups in total. The topological polar surface area (TPSA) is 139 Å². The first-order valence-corrected chi connectivity index (χ1v) is 11.0. The fraction of sp³-hybridized carbons (Fsp3) is 0.125. The lowest BCUT2D eigenvalue weighted by Gasteiger charge is -2.08. The molecule has 0 fully saturated rings. The Bertz CT molecular complexity index is 1510. The summed E-state index contributed by atoms with van der Waals surface area (Å²) in [4.78, 5) is 30.1. The summed E-state index contributed by atoms with van der Waals surface area (Å²) >= 11 is 0. The Kier molecular flexibility index (Phi) is 6.14. The third kappa shape index (κ3) is 5.22. The van der Waals surface area contributed by atoms with Crippen LogP contribution in [0.15, 0.2) is 61.2 Å². The van der Waals surface area contributed by atoms with Gasteiger partial charge in [0.25, 0.3) is 5.91 Å². The van der Waals surface area contributed by atoms with Gasteiger partial charge in [-0.1, -0.05) is 6.07 Å². The van der Waals surface area contributed by atoms with Crippen molar-refractivity contribution in [3.8, 4) is 17.2 Å². The summed E-state index contributed by atoms with van der Waals surface area (Å²) in [6, 6.07) is 10.5. The molecule has 0 aliphatic heterocycles. The van der Waals surface area contributed by atoms with Gasteiger partial charge in [-0.2, -0.15) is 10.2 Å². The van der Waals surface area contributed by atoms with Crippen molar-refractivity contribution in [3.05, 3.63) is 89.6 Å². The second-order valence-electron chi connectivity index (χ2n) is 8.02. The first-order chi connectivity index (χ1) is 17.4. The Morgan fingerprint density at radius 2 is 1.92 bits per heavy atom. The Morgan fingerprint density at radius 3 is 2.58 bits per heavy atom. The number of pyridine rings is 2. The molecule has 0 radical (unpaired) electrons. The van der Waals surface area contributed by atoms with Crippen molar-refractivity contribution in [1.82, 2.24) is 45.2 Å². The van der Waals surface area contributed by atoms with Crippen LogP contribution in [-0.2, 0) is 6.54 Å². The molecule has 0 saturated heterocycles. The molecule has 12 heteroatoms. The number of aryl methyl sites for hydroxylation is 2. The van der Waals surface area contributed by atoms with Crippen molar-refractivity contribution in [2.75, 3.05) is 5.32 Å². The second-order valence-corrected chi connectivity index (χ2v) is 8.02. The van der Waals surface area contributed by atoms with Crippen LogP contribution in [0.5, 0.6) is 0 Å². The number of nitrogens with one attached hydrogen (secondary N) is 3. The van der Waals surface area contributed by atoms with Crippen LogP contribution in [0.2, 0.25) is 0 Å². The molecule has 0 aromatic carbocycles. The summed E-state index contributed by atoms with van der Waals surface area (Å²) in [5, 5.41) is 16.9. The molecule has 11 nitrogen and oxygen atoms in total. The van der Waals surface area contributed by atoms with E-state index >= 15 is 0 Å². The van der Waals surface area contributed by atoms with E-state index in [1.807, 2.05) is 26.0 Å². The van der Waals surface area contributed by atoms with E-state index in [0.717, 1.165) is 23.1 Å². The van der Waals surface area contributed by atoms with Crippen molar-refractivity contribution in [2.24, 2.45) is 0 Å². The van der Waals surface area contributed by atoms with E-state index in [-0.39, 0.29) is 18.1 Å². The highest BCUT2D eigenvalue weighted by atomic mass is 19.1. The zero-order chi connectivity index (χ0) is 25.1. The first-order valence-electron chi connectivity index (χ1n) is 11.0. The SMILES string of the molecule is Cc1cc(Nc2cc(C)[nH]n2)nc(-c2ccc(C(=O)NCc3ccc(-n4cc(F)cn4)nc3)nc2)n1. The lowest BCUT2D eigenvalue weighted by Crippen LogP contribution is -2.23. The maximum absolute atomic E-state index is 13.1. The summed E-state index contributed by atoms with van der Waals surface area (Å²) in [7, 11) is 0. The van der Waals surface area contributed by atoms with E-state index in [9.17, 15) is 9.18 Å². The molecule has 0 aliphatic rings. The molecule has 180 valence electrons. The second kappa shape index (κ2) is 9.70. The zero-order valence-electron chi connectivity index (χ0n) is 19.4. The van der Waals surface area contributed by atoms with Crippen molar-refractivity contribution >= 4 is 17.5 Å². The average Bonchev–Trinajstić information content (AvgIpc) is 3.50. The highest BCUT2D eigenvalue weighted by Gasteiger charge is 2.11. The minimum absolute atomic E-state index is 0.256. The van der Waals surface area contributed by atoms with Crippen molar-refractivity contribution in [1.29, 1.82) is 0 Å².